The number of amides is 1. The van der Waals surface area contributed by atoms with Crippen LogP contribution in [-0.2, 0) is 11.2 Å². The topological polar surface area (TPSA) is 46.3 Å². The molecule has 1 rings (SSSR count). The van der Waals surface area contributed by atoms with Crippen LogP contribution in [0.15, 0.2) is 30.3 Å². The summed E-state index contributed by atoms with van der Waals surface area (Å²) >= 11 is 0. The fourth-order valence-corrected chi connectivity index (χ4v) is 2.18. The molecule has 1 atom stereocenters. The lowest BCUT2D eigenvalue weighted by Crippen LogP contribution is -2.45. The highest BCUT2D eigenvalue weighted by Gasteiger charge is 2.20. The van der Waals surface area contributed by atoms with Crippen molar-refractivity contribution in [3.05, 3.63) is 35.9 Å². The molecule has 0 aliphatic heterocycles. The average molecular weight is 262 g/mol. The van der Waals surface area contributed by atoms with Gasteiger partial charge in [0.05, 0.1) is 6.04 Å². The molecule has 3 nitrogen and oxygen atoms in total. The Morgan fingerprint density at radius 2 is 1.89 bits per heavy atom. The second-order valence-electron chi connectivity index (χ2n) is 5.39. The minimum Gasteiger partial charge on any atom is -0.341 e. The molecule has 106 valence electrons. The van der Waals surface area contributed by atoms with Crippen LogP contribution < -0.4 is 5.73 Å². The van der Waals surface area contributed by atoms with E-state index in [0.29, 0.717) is 5.92 Å². The summed E-state index contributed by atoms with van der Waals surface area (Å²) in [6.45, 7) is 7.65. The van der Waals surface area contributed by atoms with Crippen LogP contribution in [0.3, 0.4) is 0 Å². The molecule has 0 saturated carbocycles. The molecular weight excluding hydrogens is 236 g/mol. The fourth-order valence-electron chi connectivity index (χ4n) is 2.18. The number of carbonyl (C=O) groups excluding carboxylic acids is 1. The molecule has 0 aromatic heterocycles. The predicted octanol–water partition coefficient (Wildman–Crippen LogP) is 2.45. The van der Waals surface area contributed by atoms with Crippen molar-refractivity contribution in [2.45, 2.75) is 39.7 Å². The molecule has 0 aliphatic rings. The van der Waals surface area contributed by atoms with Crippen LogP contribution in [0.2, 0.25) is 0 Å². The van der Waals surface area contributed by atoms with Gasteiger partial charge in [-0.25, -0.2) is 0 Å². The number of benzene rings is 1. The first-order valence-electron chi connectivity index (χ1n) is 7.12. The molecule has 0 radical (unpaired) electrons. The third-order valence-electron chi connectivity index (χ3n) is 3.25. The molecule has 2 N–H and O–H groups in total. The summed E-state index contributed by atoms with van der Waals surface area (Å²) in [6.07, 6.45) is 1.63. The van der Waals surface area contributed by atoms with E-state index < -0.39 is 0 Å². The van der Waals surface area contributed by atoms with Gasteiger partial charge in [-0.15, -0.1) is 0 Å². The number of nitrogens with two attached hydrogens (primary N) is 1. The fraction of sp³-hybridized carbons (Fsp3) is 0.562. The number of carbonyl (C=O) groups is 1. The third-order valence-corrected chi connectivity index (χ3v) is 3.25. The Morgan fingerprint density at radius 3 is 2.42 bits per heavy atom. The van der Waals surface area contributed by atoms with Crippen molar-refractivity contribution < 1.29 is 4.79 Å². The van der Waals surface area contributed by atoms with Crippen LogP contribution in [0, 0.1) is 5.92 Å². The maximum atomic E-state index is 12.2. The second-order valence-corrected chi connectivity index (χ2v) is 5.39. The van der Waals surface area contributed by atoms with E-state index in [4.69, 9.17) is 5.73 Å². The third kappa shape index (κ3) is 5.43. The van der Waals surface area contributed by atoms with Crippen molar-refractivity contribution in [3.63, 3.8) is 0 Å². The summed E-state index contributed by atoms with van der Waals surface area (Å²) in [5, 5.41) is 0. The number of rotatable bonds is 7. The Labute approximate surface area is 116 Å². The largest absolute Gasteiger partial charge is 0.341 e. The Hall–Kier alpha value is -1.35. The quantitative estimate of drug-likeness (QED) is 0.820. The Kier molecular flexibility index (Phi) is 6.57. The molecule has 0 fully saturated rings. The van der Waals surface area contributed by atoms with E-state index in [-0.39, 0.29) is 11.9 Å². The maximum Gasteiger partial charge on any atom is 0.239 e. The van der Waals surface area contributed by atoms with Gasteiger partial charge in [0.25, 0.3) is 0 Å². The van der Waals surface area contributed by atoms with Gasteiger partial charge in [-0.05, 0) is 31.2 Å². The van der Waals surface area contributed by atoms with Gasteiger partial charge in [-0.1, -0.05) is 44.2 Å². The highest BCUT2D eigenvalue weighted by atomic mass is 16.2. The van der Waals surface area contributed by atoms with Crippen LogP contribution in [0.4, 0.5) is 0 Å². The van der Waals surface area contributed by atoms with E-state index in [0.717, 1.165) is 25.9 Å². The standard InChI is InChI=1S/C16H26N2O/c1-4-18(16(19)15(17)12-13(2)3)11-10-14-8-6-5-7-9-14/h5-9,13,15H,4,10-12,17H2,1-3H3/t15-/m0/s1. The molecule has 0 unspecified atom stereocenters. The minimum atomic E-state index is -0.365. The number of likely N-dealkylation sites (N-methyl/N-ethyl adjacent to an activating group) is 1. The summed E-state index contributed by atoms with van der Waals surface area (Å²) in [6, 6.07) is 9.87. The molecular formula is C16H26N2O. The molecule has 1 aromatic carbocycles. The van der Waals surface area contributed by atoms with Gasteiger partial charge in [-0.3, -0.25) is 4.79 Å². The maximum absolute atomic E-state index is 12.2. The zero-order valence-electron chi connectivity index (χ0n) is 12.3. The van der Waals surface area contributed by atoms with Gasteiger partial charge in [0, 0.05) is 13.1 Å². The lowest BCUT2D eigenvalue weighted by atomic mass is 10.0. The summed E-state index contributed by atoms with van der Waals surface area (Å²) in [5.74, 6) is 0.527. The van der Waals surface area contributed by atoms with E-state index in [1.165, 1.54) is 5.56 Å². The first-order chi connectivity index (χ1) is 9.04. The van der Waals surface area contributed by atoms with Crippen molar-refractivity contribution in [1.29, 1.82) is 0 Å². The first-order valence-corrected chi connectivity index (χ1v) is 7.12. The lowest BCUT2D eigenvalue weighted by molar-refractivity contribution is -0.132. The number of hydrogen-bond donors (Lipinski definition) is 1. The molecule has 0 saturated heterocycles. The number of nitrogens with zero attached hydrogens (tertiary/aromatic N) is 1. The van der Waals surface area contributed by atoms with Crippen molar-refractivity contribution in [2.24, 2.45) is 11.7 Å². The molecule has 0 spiro atoms. The first kappa shape index (κ1) is 15.7. The van der Waals surface area contributed by atoms with Crippen molar-refractivity contribution in [3.8, 4) is 0 Å². The van der Waals surface area contributed by atoms with Crippen molar-refractivity contribution in [2.75, 3.05) is 13.1 Å². The van der Waals surface area contributed by atoms with E-state index >= 15 is 0 Å². The van der Waals surface area contributed by atoms with Crippen LogP contribution in [0.25, 0.3) is 0 Å². The summed E-state index contributed by atoms with van der Waals surface area (Å²) in [7, 11) is 0. The van der Waals surface area contributed by atoms with Crippen LogP contribution in [0.1, 0.15) is 32.8 Å². The van der Waals surface area contributed by atoms with Crippen LogP contribution in [0.5, 0.6) is 0 Å². The van der Waals surface area contributed by atoms with Crippen LogP contribution >= 0.6 is 0 Å². The summed E-state index contributed by atoms with van der Waals surface area (Å²) in [5.41, 5.74) is 7.23. The van der Waals surface area contributed by atoms with Gasteiger partial charge in [0.1, 0.15) is 0 Å². The van der Waals surface area contributed by atoms with Crippen molar-refractivity contribution in [1.82, 2.24) is 4.90 Å². The van der Waals surface area contributed by atoms with Gasteiger partial charge in [-0.2, -0.15) is 0 Å². The minimum absolute atomic E-state index is 0.0760. The normalized spacial score (nSPS) is 12.5. The van der Waals surface area contributed by atoms with Gasteiger partial charge in [0.15, 0.2) is 0 Å². The Morgan fingerprint density at radius 1 is 1.26 bits per heavy atom. The zero-order valence-corrected chi connectivity index (χ0v) is 12.3. The summed E-state index contributed by atoms with van der Waals surface area (Å²) in [4.78, 5) is 14.1. The number of hydrogen-bond acceptors (Lipinski definition) is 2. The summed E-state index contributed by atoms with van der Waals surface area (Å²) < 4.78 is 0. The van der Waals surface area contributed by atoms with Gasteiger partial charge < -0.3 is 10.6 Å². The second kappa shape index (κ2) is 7.95. The molecule has 0 heterocycles. The van der Waals surface area contributed by atoms with Crippen molar-refractivity contribution >= 4 is 5.91 Å². The molecule has 1 amide bonds. The lowest BCUT2D eigenvalue weighted by Gasteiger charge is -2.25. The Balaban J connectivity index is 2.51. The highest BCUT2D eigenvalue weighted by molar-refractivity contribution is 5.81. The smallest absolute Gasteiger partial charge is 0.239 e. The van der Waals surface area contributed by atoms with E-state index in [9.17, 15) is 4.79 Å². The monoisotopic (exact) mass is 262 g/mol. The van der Waals surface area contributed by atoms with Gasteiger partial charge >= 0.3 is 0 Å². The Bertz CT molecular complexity index is 376. The van der Waals surface area contributed by atoms with Gasteiger partial charge in [0.2, 0.25) is 5.91 Å². The molecule has 0 aliphatic carbocycles. The highest BCUT2D eigenvalue weighted by Crippen LogP contribution is 2.07. The molecule has 0 bridgehead atoms. The SMILES string of the molecule is CCN(CCc1ccccc1)C(=O)[C@@H](N)CC(C)C. The molecule has 3 heteroatoms. The van der Waals surface area contributed by atoms with E-state index in [1.54, 1.807) is 0 Å². The molecule has 1 aromatic rings. The molecule has 19 heavy (non-hydrogen) atoms. The van der Waals surface area contributed by atoms with Crippen LogP contribution in [-0.4, -0.2) is 29.9 Å². The predicted molar refractivity (Wildman–Crippen MR) is 79.8 cm³/mol. The van der Waals surface area contributed by atoms with E-state index in [1.807, 2.05) is 30.0 Å². The van der Waals surface area contributed by atoms with E-state index in [2.05, 4.69) is 26.0 Å². The zero-order chi connectivity index (χ0) is 14.3. The average Bonchev–Trinajstić information content (AvgIpc) is 2.39.